The van der Waals surface area contributed by atoms with Crippen molar-refractivity contribution in [3.05, 3.63) is 17.7 Å². The lowest BCUT2D eigenvalue weighted by Crippen LogP contribution is -1.94. The molecule has 0 saturated carbocycles. The molecule has 0 unspecified atom stereocenters. The van der Waals surface area contributed by atoms with E-state index in [4.69, 9.17) is 0 Å². The molecule has 0 bridgehead atoms. The molecule has 2 aromatic rings. The molecule has 0 radical (unpaired) electrons. The molecule has 0 aromatic carbocycles. The first-order valence-corrected chi connectivity index (χ1v) is 3.98. The average Bonchev–Trinajstić information content (AvgIpc) is 2.50. The van der Waals surface area contributed by atoms with Crippen LogP contribution in [-0.2, 0) is 6.42 Å². The number of fused-ring (bicyclic) bond motifs is 1. The number of hydrogen-bond acceptors (Lipinski definition) is 3. The molecule has 12 heavy (non-hydrogen) atoms. The molecular weight excluding hydrogens is 152 g/mol. The number of aromatic amines is 1. The molecule has 4 heteroatoms. The molecule has 2 heterocycles. The van der Waals surface area contributed by atoms with Gasteiger partial charge in [0, 0.05) is 0 Å². The van der Waals surface area contributed by atoms with Crippen LogP contribution in [0.4, 0.5) is 0 Å². The molecule has 62 valence electrons. The normalized spacial score (nSPS) is 10.8. The van der Waals surface area contributed by atoms with Crippen LogP contribution in [0.2, 0.25) is 0 Å². The summed E-state index contributed by atoms with van der Waals surface area (Å²) in [5.41, 5.74) is 1.89. The van der Waals surface area contributed by atoms with E-state index in [1.165, 1.54) is 0 Å². The Balaban J connectivity index is 2.80. The molecule has 0 aliphatic rings. The van der Waals surface area contributed by atoms with Crippen LogP contribution in [0.25, 0.3) is 11.0 Å². The summed E-state index contributed by atoms with van der Waals surface area (Å²) in [6.07, 6.45) is 2.69. The van der Waals surface area contributed by atoms with E-state index in [0.29, 0.717) is 0 Å². The minimum Gasteiger partial charge on any atom is -0.261 e. The molecule has 2 rings (SSSR count). The number of aryl methyl sites for hydroxylation is 2. The lowest BCUT2D eigenvalue weighted by atomic mass is 10.2. The van der Waals surface area contributed by atoms with Crippen LogP contribution in [0.1, 0.15) is 18.4 Å². The third-order valence-corrected chi connectivity index (χ3v) is 1.84. The van der Waals surface area contributed by atoms with Crippen LogP contribution in [0.3, 0.4) is 0 Å². The minimum atomic E-state index is 0.795. The topological polar surface area (TPSA) is 54.5 Å². The number of rotatable bonds is 1. The van der Waals surface area contributed by atoms with Crippen LogP contribution in [-0.4, -0.2) is 20.2 Å². The summed E-state index contributed by atoms with van der Waals surface area (Å²) < 4.78 is 0. The highest BCUT2D eigenvalue weighted by Gasteiger charge is 2.04. The highest BCUT2D eigenvalue weighted by atomic mass is 15.1. The molecule has 0 aliphatic carbocycles. The van der Waals surface area contributed by atoms with Crippen molar-refractivity contribution in [1.82, 2.24) is 20.2 Å². The maximum absolute atomic E-state index is 4.32. The van der Waals surface area contributed by atoms with Gasteiger partial charge in [-0.1, -0.05) is 6.92 Å². The van der Waals surface area contributed by atoms with Crippen LogP contribution in [0.15, 0.2) is 6.20 Å². The Morgan fingerprint density at radius 3 is 3.00 bits per heavy atom. The summed E-state index contributed by atoms with van der Waals surface area (Å²) in [6.45, 7) is 3.97. The smallest absolute Gasteiger partial charge is 0.159 e. The standard InChI is InChI=1S/C8H10N4/c1-3-7-6-4-9-12-8(6)11-5(2)10-7/h4H,3H2,1-2H3,(H,9,10,11,12). The van der Waals surface area contributed by atoms with Crippen molar-refractivity contribution in [1.29, 1.82) is 0 Å². The number of nitrogens with one attached hydrogen (secondary N) is 1. The third-order valence-electron chi connectivity index (χ3n) is 1.84. The zero-order valence-electron chi connectivity index (χ0n) is 7.13. The lowest BCUT2D eigenvalue weighted by molar-refractivity contribution is 0.974. The first-order chi connectivity index (χ1) is 5.81. The molecule has 4 nitrogen and oxygen atoms in total. The molecule has 0 aliphatic heterocycles. The number of nitrogens with zero attached hydrogens (tertiary/aromatic N) is 3. The number of H-pyrrole nitrogens is 1. The van der Waals surface area contributed by atoms with Crippen molar-refractivity contribution in [2.75, 3.05) is 0 Å². The van der Waals surface area contributed by atoms with E-state index in [9.17, 15) is 0 Å². The van der Waals surface area contributed by atoms with Crippen molar-refractivity contribution in [2.45, 2.75) is 20.3 Å². The molecule has 2 aromatic heterocycles. The molecule has 0 atom stereocenters. The van der Waals surface area contributed by atoms with E-state index in [1.54, 1.807) is 6.20 Å². The SMILES string of the molecule is CCc1nc(C)nc2[nH]ncc12. The summed E-state index contributed by atoms with van der Waals surface area (Å²) in [5, 5.41) is 7.79. The van der Waals surface area contributed by atoms with Crippen molar-refractivity contribution >= 4 is 11.0 Å². The van der Waals surface area contributed by atoms with E-state index < -0.39 is 0 Å². The van der Waals surface area contributed by atoms with E-state index in [0.717, 1.165) is 29.0 Å². The van der Waals surface area contributed by atoms with E-state index in [-0.39, 0.29) is 0 Å². The zero-order chi connectivity index (χ0) is 8.55. The lowest BCUT2D eigenvalue weighted by Gasteiger charge is -1.98. The van der Waals surface area contributed by atoms with Crippen LogP contribution < -0.4 is 0 Å². The van der Waals surface area contributed by atoms with Gasteiger partial charge in [-0.25, -0.2) is 9.97 Å². The fraction of sp³-hybridized carbons (Fsp3) is 0.375. The largest absolute Gasteiger partial charge is 0.261 e. The molecule has 0 fully saturated rings. The maximum Gasteiger partial charge on any atom is 0.159 e. The highest BCUT2D eigenvalue weighted by molar-refractivity contribution is 5.76. The predicted octanol–water partition coefficient (Wildman–Crippen LogP) is 1.22. The quantitative estimate of drug-likeness (QED) is 0.686. The summed E-state index contributed by atoms with van der Waals surface area (Å²) in [7, 11) is 0. The Kier molecular flexibility index (Phi) is 1.53. The Morgan fingerprint density at radius 1 is 1.42 bits per heavy atom. The van der Waals surface area contributed by atoms with Crippen molar-refractivity contribution in [3.8, 4) is 0 Å². The summed E-state index contributed by atoms with van der Waals surface area (Å²) >= 11 is 0. The van der Waals surface area contributed by atoms with Gasteiger partial charge in [0.05, 0.1) is 17.3 Å². The van der Waals surface area contributed by atoms with E-state index >= 15 is 0 Å². The van der Waals surface area contributed by atoms with Gasteiger partial charge in [0.15, 0.2) is 5.65 Å². The van der Waals surface area contributed by atoms with Gasteiger partial charge >= 0.3 is 0 Å². The third kappa shape index (κ3) is 0.958. The van der Waals surface area contributed by atoms with Gasteiger partial charge in [0.1, 0.15) is 5.82 Å². The average molecular weight is 162 g/mol. The fourth-order valence-electron chi connectivity index (χ4n) is 1.29. The van der Waals surface area contributed by atoms with Gasteiger partial charge in [0.2, 0.25) is 0 Å². The second kappa shape index (κ2) is 2.55. The fourth-order valence-corrected chi connectivity index (χ4v) is 1.29. The molecule has 0 amide bonds. The predicted molar refractivity (Wildman–Crippen MR) is 45.8 cm³/mol. The first-order valence-electron chi connectivity index (χ1n) is 3.98. The molecule has 0 spiro atoms. The summed E-state index contributed by atoms with van der Waals surface area (Å²) in [6, 6.07) is 0. The van der Waals surface area contributed by atoms with Crippen molar-refractivity contribution in [3.63, 3.8) is 0 Å². The Hall–Kier alpha value is -1.45. The van der Waals surface area contributed by atoms with Gasteiger partial charge in [-0.2, -0.15) is 5.10 Å². The number of hydrogen-bond donors (Lipinski definition) is 1. The second-order valence-electron chi connectivity index (χ2n) is 2.70. The summed E-state index contributed by atoms with van der Waals surface area (Å²) in [5.74, 6) is 0.795. The maximum atomic E-state index is 4.32. The van der Waals surface area contributed by atoms with Crippen molar-refractivity contribution < 1.29 is 0 Å². The highest BCUT2D eigenvalue weighted by Crippen LogP contribution is 2.12. The van der Waals surface area contributed by atoms with Gasteiger partial charge in [-0.15, -0.1) is 0 Å². The monoisotopic (exact) mass is 162 g/mol. The van der Waals surface area contributed by atoms with Gasteiger partial charge < -0.3 is 0 Å². The minimum absolute atomic E-state index is 0.795. The first kappa shape index (κ1) is 7.21. The number of aromatic nitrogens is 4. The Labute approximate surface area is 70.0 Å². The van der Waals surface area contributed by atoms with Gasteiger partial charge in [0.25, 0.3) is 0 Å². The van der Waals surface area contributed by atoms with Crippen LogP contribution in [0, 0.1) is 6.92 Å². The Bertz CT molecular complexity index is 404. The zero-order valence-corrected chi connectivity index (χ0v) is 7.13. The molecular formula is C8H10N4. The molecule has 0 saturated heterocycles. The van der Waals surface area contributed by atoms with Crippen LogP contribution in [0.5, 0.6) is 0 Å². The van der Waals surface area contributed by atoms with Gasteiger partial charge in [-0.05, 0) is 13.3 Å². The van der Waals surface area contributed by atoms with Crippen LogP contribution >= 0.6 is 0 Å². The Morgan fingerprint density at radius 2 is 2.25 bits per heavy atom. The van der Waals surface area contributed by atoms with Crippen molar-refractivity contribution in [2.24, 2.45) is 0 Å². The van der Waals surface area contributed by atoms with Gasteiger partial charge in [-0.3, -0.25) is 5.10 Å². The van der Waals surface area contributed by atoms with E-state index in [2.05, 4.69) is 27.1 Å². The second-order valence-corrected chi connectivity index (χ2v) is 2.70. The molecule has 1 N–H and O–H groups in total. The van der Waals surface area contributed by atoms with E-state index in [1.807, 2.05) is 6.92 Å². The summed E-state index contributed by atoms with van der Waals surface area (Å²) in [4.78, 5) is 8.54.